The van der Waals surface area contributed by atoms with Crippen LogP contribution < -0.4 is 10.6 Å². The quantitative estimate of drug-likeness (QED) is 0.677. The van der Waals surface area contributed by atoms with E-state index in [4.69, 9.17) is 5.11 Å². The molecule has 0 aromatic carbocycles. The Labute approximate surface area is 115 Å². The molecule has 0 saturated carbocycles. The van der Waals surface area contributed by atoms with Crippen LogP contribution in [0.4, 0.5) is 4.79 Å². The van der Waals surface area contributed by atoms with E-state index in [9.17, 15) is 9.59 Å². The maximum Gasteiger partial charge on any atom is 0.326 e. The highest BCUT2D eigenvalue weighted by atomic mass is 16.4. The number of nitrogens with one attached hydrogen (secondary N) is 2. The summed E-state index contributed by atoms with van der Waals surface area (Å²) in [6.07, 6.45) is 0. The predicted molar refractivity (Wildman–Crippen MR) is 75.2 cm³/mol. The Morgan fingerprint density at radius 1 is 1.26 bits per heavy atom. The summed E-state index contributed by atoms with van der Waals surface area (Å²) in [5.41, 5.74) is -0.530. The van der Waals surface area contributed by atoms with E-state index in [1.165, 1.54) is 0 Å². The predicted octanol–water partition coefficient (Wildman–Crippen LogP) is 1.13. The van der Waals surface area contributed by atoms with Crippen LogP contribution in [0.15, 0.2) is 0 Å². The van der Waals surface area contributed by atoms with Gasteiger partial charge in [0.25, 0.3) is 0 Å². The number of carbonyl (C=O) groups excluding carboxylic acids is 1. The van der Waals surface area contributed by atoms with Crippen LogP contribution in [0.3, 0.4) is 0 Å². The van der Waals surface area contributed by atoms with E-state index in [1.807, 2.05) is 7.05 Å². The highest BCUT2D eigenvalue weighted by Crippen LogP contribution is 2.19. The molecule has 0 saturated heterocycles. The molecule has 0 aliphatic rings. The molecule has 6 heteroatoms. The second-order valence-corrected chi connectivity index (χ2v) is 6.11. The van der Waals surface area contributed by atoms with Crippen molar-refractivity contribution in [3.63, 3.8) is 0 Å². The van der Waals surface area contributed by atoms with Crippen molar-refractivity contribution in [2.45, 2.75) is 46.7 Å². The second kappa shape index (κ2) is 7.33. The van der Waals surface area contributed by atoms with Crippen molar-refractivity contribution in [1.82, 2.24) is 15.5 Å². The van der Waals surface area contributed by atoms with Crippen LogP contribution in [0.2, 0.25) is 0 Å². The number of carboxylic acids is 1. The van der Waals surface area contributed by atoms with Gasteiger partial charge in [0.15, 0.2) is 0 Å². The van der Waals surface area contributed by atoms with Gasteiger partial charge in [-0.15, -0.1) is 0 Å². The number of hydrogen-bond acceptors (Lipinski definition) is 3. The van der Waals surface area contributed by atoms with Gasteiger partial charge in [-0.3, -0.25) is 0 Å². The molecule has 2 amide bonds. The Bertz CT molecular complexity index is 311. The minimum Gasteiger partial charge on any atom is -0.480 e. The third-order valence-electron chi connectivity index (χ3n) is 3.02. The molecule has 0 aliphatic heterocycles. The largest absolute Gasteiger partial charge is 0.480 e. The Morgan fingerprint density at radius 2 is 1.79 bits per heavy atom. The third kappa shape index (κ3) is 7.00. The first-order chi connectivity index (χ1) is 8.55. The van der Waals surface area contributed by atoms with Gasteiger partial charge >= 0.3 is 12.0 Å². The van der Waals surface area contributed by atoms with Crippen molar-refractivity contribution < 1.29 is 14.7 Å². The van der Waals surface area contributed by atoms with Gasteiger partial charge in [-0.25, -0.2) is 9.59 Å². The van der Waals surface area contributed by atoms with Crippen LogP contribution in [0.1, 0.15) is 34.6 Å². The van der Waals surface area contributed by atoms with Crippen LogP contribution in [0, 0.1) is 5.41 Å². The summed E-state index contributed by atoms with van der Waals surface area (Å²) in [5.74, 6) is -1.03. The third-order valence-corrected chi connectivity index (χ3v) is 3.02. The van der Waals surface area contributed by atoms with Gasteiger partial charge in [-0.1, -0.05) is 20.8 Å². The SMILES string of the molecule is CC(C)N(C)CCNC(=O)N[C@@H](C(=O)O)C(C)(C)C. The van der Waals surface area contributed by atoms with Gasteiger partial charge in [0.1, 0.15) is 6.04 Å². The van der Waals surface area contributed by atoms with Crippen molar-refractivity contribution in [3.8, 4) is 0 Å². The Morgan fingerprint density at radius 3 is 2.16 bits per heavy atom. The number of amides is 2. The van der Waals surface area contributed by atoms with E-state index >= 15 is 0 Å². The average Bonchev–Trinajstić information content (AvgIpc) is 2.23. The molecule has 3 N–H and O–H groups in total. The van der Waals surface area contributed by atoms with Crippen molar-refractivity contribution in [2.24, 2.45) is 5.41 Å². The fourth-order valence-corrected chi connectivity index (χ4v) is 1.43. The molecule has 0 unspecified atom stereocenters. The zero-order valence-corrected chi connectivity index (χ0v) is 12.8. The molecule has 0 fully saturated rings. The molecule has 1 atom stereocenters. The molecule has 0 spiro atoms. The average molecular weight is 273 g/mol. The molecular formula is C13H27N3O3. The Balaban J connectivity index is 4.19. The maximum atomic E-state index is 11.7. The number of urea groups is 1. The summed E-state index contributed by atoms with van der Waals surface area (Å²) in [6, 6.07) is -0.944. The maximum absolute atomic E-state index is 11.7. The Kier molecular flexibility index (Phi) is 6.83. The van der Waals surface area contributed by atoms with Crippen molar-refractivity contribution >= 4 is 12.0 Å². The first-order valence-electron chi connectivity index (χ1n) is 6.53. The fourth-order valence-electron chi connectivity index (χ4n) is 1.43. The number of likely N-dealkylation sites (N-methyl/N-ethyl adjacent to an activating group) is 1. The van der Waals surface area contributed by atoms with Crippen LogP contribution in [-0.4, -0.2) is 54.2 Å². The molecule has 6 nitrogen and oxygen atoms in total. The van der Waals surface area contributed by atoms with Gasteiger partial charge < -0.3 is 20.6 Å². The smallest absolute Gasteiger partial charge is 0.326 e. The lowest BCUT2D eigenvalue weighted by Crippen LogP contribution is -2.53. The highest BCUT2D eigenvalue weighted by molar-refractivity contribution is 5.83. The highest BCUT2D eigenvalue weighted by Gasteiger charge is 2.32. The lowest BCUT2D eigenvalue weighted by Gasteiger charge is -2.28. The monoisotopic (exact) mass is 273 g/mol. The van der Waals surface area contributed by atoms with Crippen molar-refractivity contribution in [3.05, 3.63) is 0 Å². The summed E-state index contributed by atoms with van der Waals surface area (Å²) in [7, 11) is 1.97. The first-order valence-corrected chi connectivity index (χ1v) is 6.53. The first kappa shape index (κ1) is 17.7. The normalized spacial score (nSPS) is 13.5. The molecule has 112 valence electrons. The van der Waals surface area contributed by atoms with Gasteiger partial charge in [-0.05, 0) is 26.3 Å². The van der Waals surface area contributed by atoms with Crippen LogP contribution in [0.25, 0.3) is 0 Å². The van der Waals surface area contributed by atoms with E-state index < -0.39 is 23.5 Å². The Hall–Kier alpha value is -1.30. The van der Waals surface area contributed by atoms with Gasteiger partial charge in [0, 0.05) is 19.1 Å². The summed E-state index contributed by atoms with van der Waals surface area (Å²) in [5, 5.41) is 14.3. The lowest BCUT2D eigenvalue weighted by atomic mass is 9.87. The van der Waals surface area contributed by atoms with Gasteiger partial charge in [0.2, 0.25) is 0 Å². The zero-order chi connectivity index (χ0) is 15.2. The van der Waals surface area contributed by atoms with Gasteiger partial charge in [0.05, 0.1) is 0 Å². The molecule has 0 aromatic heterocycles. The van der Waals surface area contributed by atoms with E-state index in [1.54, 1.807) is 20.8 Å². The summed E-state index contributed by atoms with van der Waals surface area (Å²) in [4.78, 5) is 24.9. The van der Waals surface area contributed by atoms with E-state index in [0.29, 0.717) is 12.6 Å². The molecular weight excluding hydrogens is 246 g/mol. The number of rotatable bonds is 6. The number of nitrogens with zero attached hydrogens (tertiary/aromatic N) is 1. The van der Waals surface area contributed by atoms with Crippen LogP contribution in [-0.2, 0) is 4.79 Å². The van der Waals surface area contributed by atoms with Crippen molar-refractivity contribution in [2.75, 3.05) is 20.1 Å². The molecule has 0 radical (unpaired) electrons. The minimum absolute atomic E-state index is 0.409. The topological polar surface area (TPSA) is 81.7 Å². The van der Waals surface area contributed by atoms with Crippen molar-refractivity contribution in [1.29, 1.82) is 0 Å². The van der Waals surface area contributed by atoms with Gasteiger partial charge in [-0.2, -0.15) is 0 Å². The molecule has 0 rings (SSSR count). The van der Waals surface area contributed by atoms with E-state index in [2.05, 4.69) is 29.4 Å². The summed E-state index contributed by atoms with van der Waals surface area (Å²) < 4.78 is 0. The van der Waals surface area contributed by atoms with Crippen LogP contribution >= 0.6 is 0 Å². The zero-order valence-electron chi connectivity index (χ0n) is 12.8. The van der Waals surface area contributed by atoms with Crippen LogP contribution in [0.5, 0.6) is 0 Å². The fraction of sp³-hybridized carbons (Fsp3) is 0.846. The summed E-state index contributed by atoms with van der Waals surface area (Å²) in [6.45, 7) is 10.7. The number of hydrogen-bond donors (Lipinski definition) is 3. The molecule has 0 aromatic rings. The number of carboxylic acid groups (broad SMARTS) is 1. The molecule has 0 heterocycles. The number of carbonyl (C=O) groups is 2. The minimum atomic E-state index is -1.03. The summed E-state index contributed by atoms with van der Waals surface area (Å²) >= 11 is 0. The van der Waals surface area contributed by atoms with E-state index in [0.717, 1.165) is 6.54 Å². The number of aliphatic carboxylic acids is 1. The lowest BCUT2D eigenvalue weighted by molar-refractivity contribution is -0.141. The molecule has 19 heavy (non-hydrogen) atoms. The molecule has 0 bridgehead atoms. The second-order valence-electron chi connectivity index (χ2n) is 6.11. The van der Waals surface area contributed by atoms with E-state index in [-0.39, 0.29) is 0 Å². The molecule has 0 aliphatic carbocycles. The standard InChI is InChI=1S/C13H27N3O3/c1-9(2)16(6)8-7-14-12(19)15-10(11(17)18)13(3,4)5/h9-10H,7-8H2,1-6H3,(H,17,18)(H2,14,15,19)/t10-/m0/s1.